The van der Waals surface area contributed by atoms with E-state index in [9.17, 15) is 13.2 Å². The lowest BCUT2D eigenvalue weighted by Gasteiger charge is -2.07. The summed E-state index contributed by atoms with van der Waals surface area (Å²) in [6.45, 7) is 1.42. The largest absolute Gasteiger partial charge is 0.478 e. The molecule has 3 rings (SSSR count). The molecule has 0 amide bonds. The Hall–Kier alpha value is -2.23. The predicted octanol–water partition coefficient (Wildman–Crippen LogP) is 1.06. The fourth-order valence-electron chi connectivity index (χ4n) is 2.62. The molecule has 0 aliphatic carbocycles. The number of nitrogens with one attached hydrogen (secondary N) is 1. The van der Waals surface area contributed by atoms with Crippen LogP contribution in [0.1, 0.15) is 28.4 Å². The van der Waals surface area contributed by atoms with Gasteiger partial charge < -0.3 is 9.84 Å². The second-order valence-electron chi connectivity index (χ2n) is 5.82. The van der Waals surface area contributed by atoms with Crippen LogP contribution in [-0.2, 0) is 21.2 Å². The summed E-state index contributed by atoms with van der Waals surface area (Å²) in [7, 11) is -3.63. The van der Waals surface area contributed by atoms with Crippen LogP contribution in [0.5, 0.6) is 0 Å². The van der Waals surface area contributed by atoms with E-state index in [0.717, 1.165) is 12.0 Å². The molecule has 1 aromatic carbocycles. The van der Waals surface area contributed by atoms with Gasteiger partial charge in [0.25, 0.3) is 0 Å². The summed E-state index contributed by atoms with van der Waals surface area (Å²) < 4.78 is 34.1. The van der Waals surface area contributed by atoms with Crippen LogP contribution < -0.4 is 4.72 Å². The molecule has 0 radical (unpaired) electrons. The van der Waals surface area contributed by atoms with Gasteiger partial charge in [-0.2, -0.15) is 5.10 Å². The van der Waals surface area contributed by atoms with E-state index in [1.165, 1.54) is 24.5 Å². The lowest BCUT2D eigenvalue weighted by Crippen LogP contribution is -2.25. The van der Waals surface area contributed by atoms with E-state index in [1.54, 1.807) is 16.8 Å². The highest BCUT2D eigenvalue weighted by atomic mass is 32.2. The number of hydrogen-bond acceptors (Lipinski definition) is 5. The molecule has 1 aliphatic rings. The molecule has 0 saturated carbocycles. The summed E-state index contributed by atoms with van der Waals surface area (Å²) in [6.07, 6.45) is 4.14. The first-order valence-electron chi connectivity index (χ1n) is 7.89. The van der Waals surface area contributed by atoms with Crippen molar-refractivity contribution in [1.29, 1.82) is 0 Å². The standard InChI is InChI=1S/C16H19N3O5S/c20-16(21)13-3-1-12(2-4-13)5-7-18-25(22,23)15-9-17-19(10-15)14-6-8-24-11-14/h1-4,9-10,14,18H,5-8,11H2,(H,20,21). The van der Waals surface area contributed by atoms with E-state index in [1.807, 2.05) is 0 Å². The number of carboxylic acids is 1. The third-order valence-electron chi connectivity index (χ3n) is 4.07. The third-order valence-corrected chi connectivity index (χ3v) is 5.49. The van der Waals surface area contributed by atoms with E-state index >= 15 is 0 Å². The Morgan fingerprint density at radius 3 is 2.76 bits per heavy atom. The third kappa shape index (κ3) is 4.25. The first-order valence-corrected chi connectivity index (χ1v) is 9.38. The van der Waals surface area contributed by atoms with E-state index in [0.29, 0.717) is 19.6 Å². The minimum absolute atomic E-state index is 0.0803. The number of nitrogens with zero attached hydrogens (tertiary/aromatic N) is 2. The van der Waals surface area contributed by atoms with Crippen LogP contribution in [0.15, 0.2) is 41.6 Å². The van der Waals surface area contributed by atoms with Crippen molar-refractivity contribution < 1.29 is 23.1 Å². The molecule has 2 aromatic rings. The van der Waals surface area contributed by atoms with Gasteiger partial charge in [-0.25, -0.2) is 17.9 Å². The average molecular weight is 365 g/mol. The van der Waals surface area contributed by atoms with Gasteiger partial charge in [-0.15, -0.1) is 0 Å². The maximum Gasteiger partial charge on any atom is 0.335 e. The molecular formula is C16H19N3O5S. The molecule has 0 bridgehead atoms. The molecule has 25 heavy (non-hydrogen) atoms. The quantitative estimate of drug-likeness (QED) is 0.759. The van der Waals surface area contributed by atoms with Gasteiger partial charge in [0.1, 0.15) is 4.90 Å². The van der Waals surface area contributed by atoms with Crippen LogP contribution in [0.3, 0.4) is 0 Å². The Bertz CT molecular complexity index is 839. The highest BCUT2D eigenvalue weighted by Crippen LogP contribution is 2.19. The summed E-state index contributed by atoms with van der Waals surface area (Å²) in [5.74, 6) is -0.989. The number of ether oxygens (including phenoxy) is 1. The van der Waals surface area contributed by atoms with Crippen molar-refractivity contribution in [1.82, 2.24) is 14.5 Å². The van der Waals surface area contributed by atoms with Crippen molar-refractivity contribution >= 4 is 16.0 Å². The summed E-state index contributed by atoms with van der Waals surface area (Å²) in [5.41, 5.74) is 1.05. The summed E-state index contributed by atoms with van der Waals surface area (Å²) >= 11 is 0. The van der Waals surface area contributed by atoms with Crippen molar-refractivity contribution in [2.45, 2.75) is 23.8 Å². The van der Waals surface area contributed by atoms with E-state index in [-0.39, 0.29) is 23.0 Å². The Morgan fingerprint density at radius 1 is 1.36 bits per heavy atom. The monoisotopic (exact) mass is 365 g/mol. The Kier molecular flexibility index (Phi) is 5.16. The highest BCUT2D eigenvalue weighted by Gasteiger charge is 2.22. The second-order valence-corrected chi connectivity index (χ2v) is 7.59. The van der Waals surface area contributed by atoms with Gasteiger partial charge in [-0.3, -0.25) is 4.68 Å². The van der Waals surface area contributed by atoms with Gasteiger partial charge in [-0.05, 0) is 30.5 Å². The zero-order chi connectivity index (χ0) is 17.9. The van der Waals surface area contributed by atoms with E-state index < -0.39 is 16.0 Å². The SMILES string of the molecule is O=C(O)c1ccc(CCNS(=O)(=O)c2cnn(C3CCOC3)c2)cc1. The Labute approximate surface area is 145 Å². The van der Waals surface area contributed by atoms with Gasteiger partial charge in [0.05, 0.1) is 24.4 Å². The van der Waals surface area contributed by atoms with Gasteiger partial charge in [0.2, 0.25) is 10.0 Å². The van der Waals surface area contributed by atoms with Crippen molar-refractivity contribution in [3.8, 4) is 0 Å². The molecule has 0 spiro atoms. The molecule has 9 heteroatoms. The molecule has 2 heterocycles. The normalized spacial score (nSPS) is 17.7. The molecular weight excluding hydrogens is 346 g/mol. The van der Waals surface area contributed by atoms with Crippen LogP contribution in [0.25, 0.3) is 0 Å². The number of carbonyl (C=O) groups is 1. The van der Waals surface area contributed by atoms with Gasteiger partial charge in [0, 0.05) is 19.3 Å². The summed E-state index contributed by atoms with van der Waals surface area (Å²) in [5, 5.41) is 13.0. The molecule has 134 valence electrons. The zero-order valence-corrected chi connectivity index (χ0v) is 14.3. The topological polar surface area (TPSA) is 111 Å². The lowest BCUT2D eigenvalue weighted by atomic mass is 10.1. The average Bonchev–Trinajstić information content (AvgIpc) is 3.26. The maximum absolute atomic E-state index is 12.3. The molecule has 1 unspecified atom stereocenters. The molecule has 1 aromatic heterocycles. The first kappa shape index (κ1) is 17.6. The van der Waals surface area contributed by atoms with E-state index in [2.05, 4.69) is 9.82 Å². The smallest absolute Gasteiger partial charge is 0.335 e. The molecule has 1 fully saturated rings. The Morgan fingerprint density at radius 2 is 2.12 bits per heavy atom. The van der Waals surface area contributed by atoms with Gasteiger partial charge in [0.15, 0.2) is 0 Å². The zero-order valence-electron chi connectivity index (χ0n) is 13.5. The van der Waals surface area contributed by atoms with E-state index in [4.69, 9.17) is 9.84 Å². The van der Waals surface area contributed by atoms with Crippen LogP contribution in [-0.4, -0.2) is 49.0 Å². The van der Waals surface area contributed by atoms with Crippen molar-refractivity contribution in [3.63, 3.8) is 0 Å². The van der Waals surface area contributed by atoms with Crippen molar-refractivity contribution in [2.24, 2.45) is 0 Å². The highest BCUT2D eigenvalue weighted by molar-refractivity contribution is 7.89. The predicted molar refractivity (Wildman–Crippen MR) is 89.0 cm³/mol. The first-order chi connectivity index (χ1) is 12.0. The molecule has 1 saturated heterocycles. The fourth-order valence-corrected chi connectivity index (χ4v) is 3.59. The van der Waals surface area contributed by atoms with Crippen molar-refractivity contribution in [3.05, 3.63) is 47.8 Å². The van der Waals surface area contributed by atoms with Crippen LogP contribution in [0, 0.1) is 0 Å². The van der Waals surface area contributed by atoms with Crippen molar-refractivity contribution in [2.75, 3.05) is 19.8 Å². The molecule has 1 atom stereocenters. The minimum Gasteiger partial charge on any atom is -0.478 e. The number of aromatic carboxylic acids is 1. The number of hydrogen-bond donors (Lipinski definition) is 2. The molecule has 8 nitrogen and oxygen atoms in total. The minimum atomic E-state index is -3.63. The number of carboxylic acid groups (broad SMARTS) is 1. The van der Waals surface area contributed by atoms with Gasteiger partial charge >= 0.3 is 5.97 Å². The molecule has 1 aliphatic heterocycles. The number of sulfonamides is 1. The number of benzene rings is 1. The second kappa shape index (κ2) is 7.34. The van der Waals surface area contributed by atoms with Gasteiger partial charge in [-0.1, -0.05) is 12.1 Å². The number of aromatic nitrogens is 2. The lowest BCUT2D eigenvalue weighted by molar-refractivity contribution is 0.0697. The molecule has 2 N–H and O–H groups in total. The Balaban J connectivity index is 1.57. The summed E-state index contributed by atoms with van der Waals surface area (Å²) in [4.78, 5) is 10.9. The van der Waals surface area contributed by atoms with Crippen LogP contribution in [0.4, 0.5) is 0 Å². The fraction of sp³-hybridized carbons (Fsp3) is 0.375. The number of rotatable bonds is 7. The summed E-state index contributed by atoms with van der Waals surface area (Å²) in [6, 6.07) is 6.43. The van der Waals surface area contributed by atoms with Crippen LogP contribution >= 0.6 is 0 Å². The van der Waals surface area contributed by atoms with Crippen LogP contribution in [0.2, 0.25) is 0 Å². The maximum atomic E-state index is 12.3.